The average Bonchev–Trinajstić information content (AvgIpc) is 3.28. The predicted molar refractivity (Wildman–Crippen MR) is 127 cm³/mol. The Morgan fingerprint density at radius 1 is 1.06 bits per heavy atom. The molecule has 0 fully saturated rings. The Bertz CT molecular complexity index is 1450. The Kier molecular flexibility index (Phi) is 6.21. The van der Waals surface area contributed by atoms with Gasteiger partial charge in [0.1, 0.15) is 17.3 Å². The summed E-state index contributed by atoms with van der Waals surface area (Å²) in [5.41, 5.74) is 1.24. The van der Waals surface area contributed by atoms with Crippen LogP contribution in [0.1, 0.15) is 22.6 Å². The van der Waals surface area contributed by atoms with Crippen LogP contribution in [0.3, 0.4) is 0 Å². The highest BCUT2D eigenvalue weighted by molar-refractivity contribution is 6.35. The number of nitrogens with zero attached hydrogens (tertiary/aromatic N) is 2. The molecule has 0 saturated heterocycles. The first-order valence-corrected chi connectivity index (χ1v) is 11.5. The van der Waals surface area contributed by atoms with E-state index in [4.69, 9.17) is 27.6 Å². The van der Waals surface area contributed by atoms with Crippen molar-refractivity contribution < 1.29 is 17.6 Å². The number of fused-ring (bicyclic) bond motifs is 1. The smallest absolute Gasteiger partial charge is 0.416 e. The summed E-state index contributed by atoms with van der Waals surface area (Å²) in [7, 11) is 0. The van der Waals surface area contributed by atoms with E-state index in [0.29, 0.717) is 70.0 Å². The van der Waals surface area contributed by atoms with Crippen molar-refractivity contribution >= 4 is 23.2 Å². The first kappa shape index (κ1) is 23.7. The number of aromatic amines is 1. The highest BCUT2D eigenvalue weighted by atomic mass is 35.5. The zero-order valence-electron chi connectivity index (χ0n) is 18.1. The molecular formula is C25H18Cl2F3N3O2. The molecule has 0 unspecified atom stereocenters. The number of alkyl halides is 3. The van der Waals surface area contributed by atoms with Gasteiger partial charge in [-0.05, 0) is 42.5 Å². The molecule has 0 amide bonds. The molecule has 1 aliphatic heterocycles. The summed E-state index contributed by atoms with van der Waals surface area (Å²) in [6, 6.07) is 13.4. The maximum atomic E-state index is 12.8. The molecule has 1 aliphatic rings. The largest absolute Gasteiger partial charge is 0.460 e. The van der Waals surface area contributed by atoms with Gasteiger partial charge in [0.25, 0.3) is 5.56 Å². The molecule has 0 bridgehead atoms. The third-order valence-corrected chi connectivity index (χ3v) is 6.43. The van der Waals surface area contributed by atoms with E-state index in [1.165, 1.54) is 12.1 Å². The van der Waals surface area contributed by atoms with Crippen LogP contribution in [-0.4, -0.2) is 21.4 Å². The van der Waals surface area contributed by atoms with Gasteiger partial charge < -0.3 is 9.40 Å². The number of halogens is 5. The summed E-state index contributed by atoms with van der Waals surface area (Å²) in [5, 5.41) is 1.08. The van der Waals surface area contributed by atoms with Crippen LogP contribution < -0.4 is 5.56 Å². The first-order chi connectivity index (χ1) is 16.7. The number of hydrogen-bond acceptors (Lipinski definition) is 4. The fourth-order valence-corrected chi connectivity index (χ4v) is 4.47. The van der Waals surface area contributed by atoms with E-state index in [1.54, 1.807) is 18.2 Å². The fourth-order valence-electron chi connectivity index (χ4n) is 4.08. The van der Waals surface area contributed by atoms with E-state index in [2.05, 4.69) is 14.9 Å². The molecule has 2 aromatic carbocycles. The second-order valence-corrected chi connectivity index (χ2v) is 9.11. The number of hydrogen-bond donors (Lipinski definition) is 1. The van der Waals surface area contributed by atoms with E-state index in [1.807, 2.05) is 12.1 Å². The third-order valence-electron chi connectivity index (χ3n) is 5.87. The van der Waals surface area contributed by atoms with Gasteiger partial charge in [0.05, 0.1) is 28.4 Å². The van der Waals surface area contributed by atoms with E-state index in [9.17, 15) is 18.0 Å². The summed E-state index contributed by atoms with van der Waals surface area (Å²) in [4.78, 5) is 22.1. The normalized spacial score (nSPS) is 14.2. The lowest BCUT2D eigenvalue weighted by Crippen LogP contribution is -2.35. The Morgan fingerprint density at radius 2 is 1.83 bits per heavy atom. The molecule has 3 heterocycles. The molecule has 5 rings (SSSR count). The van der Waals surface area contributed by atoms with E-state index < -0.39 is 11.7 Å². The van der Waals surface area contributed by atoms with Crippen molar-refractivity contribution in [2.24, 2.45) is 0 Å². The van der Waals surface area contributed by atoms with Gasteiger partial charge in [0.2, 0.25) is 0 Å². The van der Waals surface area contributed by atoms with Gasteiger partial charge in [-0.1, -0.05) is 35.3 Å². The Morgan fingerprint density at radius 3 is 2.57 bits per heavy atom. The van der Waals surface area contributed by atoms with Crippen molar-refractivity contribution in [3.63, 3.8) is 0 Å². The minimum Gasteiger partial charge on any atom is -0.460 e. The molecule has 180 valence electrons. The van der Waals surface area contributed by atoms with Crippen molar-refractivity contribution in [2.75, 3.05) is 6.54 Å². The number of aromatic nitrogens is 2. The van der Waals surface area contributed by atoms with Crippen molar-refractivity contribution in [3.05, 3.63) is 97.6 Å². The maximum absolute atomic E-state index is 12.8. The lowest BCUT2D eigenvalue weighted by Gasteiger charge is -2.26. The molecule has 0 spiro atoms. The topological polar surface area (TPSA) is 62.1 Å². The van der Waals surface area contributed by atoms with Crippen LogP contribution in [0.5, 0.6) is 0 Å². The fraction of sp³-hybridized carbons (Fsp3) is 0.200. The first-order valence-electron chi connectivity index (χ1n) is 10.7. The molecule has 4 aromatic rings. The van der Waals surface area contributed by atoms with Crippen molar-refractivity contribution in [1.29, 1.82) is 0 Å². The van der Waals surface area contributed by atoms with Crippen LogP contribution in [0.15, 0.2) is 63.8 Å². The maximum Gasteiger partial charge on any atom is 0.416 e. The molecular weight excluding hydrogens is 502 g/mol. The van der Waals surface area contributed by atoms with Crippen LogP contribution >= 0.6 is 23.2 Å². The molecule has 5 nitrogen and oxygen atoms in total. The third kappa shape index (κ3) is 5.00. The lowest BCUT2D eigenvalue weighted by molar-refractivity contribution is -0.137. The Labute approximate surface area is 208 Å². The lowest BCUT2D eigenvalue weighted by atomic mass is 10.1. The molecule has 1 N–H and O–H groups in total. The minimum atomic E-state index is -4.42. The van der Waals surface area contributed by atoms with Gasteiger partial charge in [0, 0.05) is 35.7 Å². The number of benzene rings is 2. The molecule has 2 aromatic heterocycles. The van der Waals surface area contributed by atoms with E-state index in [-0.39, 0.29) is 11.4 Å². The van der Waals surface area contributed by atoms with Crippen LogP contribution in [-0.2, 0) is 25.7 Å². The van der Waals surface area contributed by atoms with Crippen LogP contribution in [0.4, 0.5) is 13.2 Å². The predicted octanol–water partition coefficient (Wildman–Crippen LogP) is 6.58. The van der Waals surface area contributed by atoms with Gasteiger partial charge >= 0.3 is 6.18 Å². The second kappa shape index (κ2) is 9.18. The van der Waals surface area contributed by atoms with Crippen LogP contribution in [0, 0.1) is 0 Å². The zero-order valence-corrected chi connectivity index (χ0v) is 19.6. The highest BCUT2D eigenvalue weighted by Gasteiger charge is 2.30. The van der Waals surface area contributed by atoms with Gasteiger partial charge in [-0.3, -0.25) is 9.69 Å². The molecule has 10 heteroatoms. The van der Waals surface area contributed by atoms with Crippen LogP contribution in [0.2, 0.25) is 10.0 Å². The average molecular weight is 520 g/mol. The Balaban J connectivity index is 1.32. The van der Waals surface area contributed by atoms with Gasteiger partial charge in [-0.25, -0.2) is 4.98 Å². The molecule has 0 atom stereocenters. The van der Waals surface area contributed by atoms with Crippen molar-refractivity contribution in [3.8, 4) is 22.7 Å². The zero-order chi connectivity index (χ0) is 24.7. The number of rotatable bonds is 4. The highest BCUT2D eigenvalue weighted by Crippen LogP contribution is 2.33. The van der Waals surface area contributed by atoms with E-state index in [0.717, 1.165) is 12.1 Å². The summed E-state index contributed by atoms with van der Waals surface area (Å²) in [6.45, 7) is 1.50. The number of furan rings is 1. The Hall–Kier alpha value is -3.07. The summed E-state index contributed by atoms with van der Waals surface area (Å²) >= 11 is 12.3. The van der Waals surface area contributed by atoms with E-state index >= 15 is 0 Å². The summed E-state index contributed by atoms with van der Waals surface area (Å²) < 4.78 is 44.5. The summed E-state index contributed by atoms with van der Waals surface area (Å²) in [6.07, 6.45) is -3.89. The van der Waals surface area contributed by atoms with Gasteiger partial charge in [-0.2, -0.15) is 13.2 Å². The number of nitrogens with one attached hydrogen (secondary N) is 1. The van der Waals surface area contributed by atoms with Crippen molar-refractivity contribution in [1.82, 2.24) is 14.9 Å². The molecule has 0 saturated carbocycles. The molecule has 0 aliphatic carbocycles. The monoisotopic (exact) mass is 519 g/mol. The number of H-pyrrole nitrogens is 1. The quantitative estimate of drug-likeness (QED) is 0.330. The SMILES string of the molecule is O=c1[nH]c(-c2ccc(C(F)(F)F)cc2)nc2c1CN(Cc1ccc(-c3cc(Cl)ccc3Cl)o1)CC2. The second-order valence-electron chi connectivity index (χ2n) is 8.27. The van der Waals surface area contributed by atoms with Gasteiger partial charge in [0.15, 0.2) is 0 Å². The molecule has 35 heavy (non-hydrogen) atoms. The standard InChI is InChI=1S/C25H18Cl2F3N3O2/c26-16-5-7-20(27)18(11-16)22-8-6-17(35-22)12-33-10-9-21-19(13-33)24(34)32-23(31-21)14-1-3-15(4-2-14)25(28,29)30/h1-8,11H,9-10,12-13H2,(H,31,32,34). The summed E-state index contributed by atoms with van der Waals surface area (Å²) in [5.74, 6) is 1.57. The minimum absolute atomic E-state index is 0.255. The van der Waals surface area contributed by atoms with Crippen LogP contribution in [0.25, 0.3) is 22.7 Å². The van der Waals surface area contributed by atoms with Gasteiger partial charge in [-0.15, -0.1) is 0 Å². The molecule has 0 radical (unpaired) electrons. The van der Waals surface area contributed by atoms with Crippen molar-refractivity contribution in [2.45, 2.75) is 25.7 Å².